The second kappa shape index (κ2) is 5.33. The lowest BCUT2D eigenvalue weighted by Crippen LogP contribution is -2.14. The number of hydrogen-bond donors (Lipinski definition) is 1. The smallest absolute Gasteiger partial charge is 0.307 e. The molecular formula is C11H12ClN3OS. The minimum atomic E-state index is -0.00304. The first-order chi connectivity index (χ1) is 8.20. The van der Waals surface area contributed by atoms with Crippen molar-refractivity contribution in [2.24, 2.45) is 0 Å². The lowest BCUT2D eigenvalue weighted by Gasteiger charge is -2.07. The number of aromatic nitrogens is 2. The number of thiazole rings is 1. The molecule has 1 N–H and O–H groups in total. The summed E-state index contributed by atoms with van der Waals surface area (Å²) in [6.45, 7) is 3.20. The average molecular weight is 270 g/mol. The Kier molecular flexibility index (Phi) is 3.81. The molecule has 0 fully saturated rings. The zero-order valence-corrected chi connectivity index (χ0v) is 10.9. The number of halogens is 1. The van der Waals surface area contributed by atoms with Crippen molar-refractivity contribution >= 4 is 28.8 Å². The van der Waals surface area contributed by atoms with Gasteiger partial charge in [0, 0.05) is 18.1 Å². The zero-order valence-electron chi connectivity index (χ0n) is 9.31. The first-order valence-corrected chi connectivity index (χ1v) is 6.49. The SMILES string of the molecule is CCNc1ccc(Cl)c(Cn2ccsc2=O)n1. The Labute approximate surface area is 108 Å². The number of pyridine rings is 1. The van der Waals surface area contributed by atoms with Gasteiger partial charge >= 0.3 is 4.87 Å². The standard InChI is InChI=1S/C11H12ClN3OS/c1-2-13-10-4-3-8(12)9(14-10)7-15-5-6-17-11(15)16/h3-6H,2,7H2,1H3,(H,13,14). The van der Waals surface area contributed by atoms with Gasteiger partial charge in [-0.25, -0.2) is 4.98 Å². The fraction of sp³-hybridized carbons (Fsp3) is 0.273. The molecule has 0 aliphatic heterocycles. The van der Waals surface area contributed by atoms with Crippen LogP contribution in [0.1, 0.15) is 12.6 Å². The van der Waals surface area contributed by atoms with E-state index in [1.165, 1.54) is 0 Å². The van der Waals surface area contributed by atoms with Crippen LogP contribution >= 0.6 is 22.9 Å². The molecule has 0 atom stereocenters. The Hall–Kier alpha value is -1.33. The lowest BCUT2D eigenvalue weighted by atomic mass is 10.3. The zero-order chi connectivity index (χ0) is 12.3. The maximum atomic E-state index is 11.4. The van der Waals surface area contributed by atoms with Gasteiger partial charge in [0.15, 0.2) is 0 Å². The van der Waals surface area contributed by atoms with Crippen LogP contribution in [0.5, 0.6) is 0 Å². The summed E-state index contributed by atoms with van der Waals surface area (Å²) < 4.78 is 1.59. The van der Waals surface area contributed by atoms with Crippen LogP contribution in [0.4, 0.5) is 5.82 Å². The van der Waals surface area contributed by atoms with Crippen LogP contribution in [0.2, 0.25) is 5.02 Å². The number of rotatable bonds is 4. The van der Waals surface area contributed by atoms with Gasteiger partial charge in [0.25, 0.3) is 0 Å². The molecule has 0 aliphatic carbocycles. The van der Waals surface area contributed by atoms with E-state index in [9.17, 15) is 4.79 Å². The van der Waals surface area contributed by atoms with Gasteiger partial charge in [-0.2, -0.15) is 0 Å². The molecule has 0 saturated heterocycles. The van der Waals surface area contributed by atoms with E-state index in [0.29, 0.717) is 17.3 Å². The molecule has 0 amide bonds. The van der Waals surface area contributed by atoms with Crippen LogP contribution in [0.3, 0.4) is 0 Å². The van der Waals surface area contributed by atoms with Crippen molar-refractivity contribution in [3.8, 4) is 0 Å². The fourth-order valence-electron chi connectivity index (χ4n) is 1.44. The monoisotopic (exact) mass is 269 g/mol. The van der Waals surface area contributed by atoms with Crippen molar-refractivity contribution in [3.63, 3.8) is 0 Å². The molecule has 4 nitrogen and oxygen atoms in total. The third-order valence-electron chi connectivity index (χ3n) is 2.24. The molecule has 0 unspecified atom stereocenters. The van der Waals surface area contributed by atoms with Gasteiger partial charge in [0.1, 0.15) is 5.82 Å². The summed E-state index contributed by atoms with van der Waals surface area (Å²) in [7, 11) is 0. The molecule has 2 rings (SSSR count). The Morgan fingerprint density at radius 2 is 2.35 bits per heavy atom. The predicted molar refractivity (Wildman–Crippen MR) is 71.1 cm³/mol. The van der Waals surface area contributed by atoms with Gasteiger partial charge in [0.2, 0.25) is 0 Å². The molecule has 0 aliphatic rings. The third kappa shape index (κ3) is 2.87. The van der Waals surface area contributed by atoms with Gasteiger partial charge in [0.05, 0.1) is 17.3 Å². The van der Waals surface area contributed by atoms with E-state index in [1.54, 1.807) is 22.2 Å². The summed E-state index contributed by atoms with van der Waals surface area (Å²) in [6.07, 6.45) is 1.74. The second-order valence-electron chi connectivity index (χ2n) is 3.45. The topological polar surface area (TPSA) is 46.9 Å². The van der Waals surface area contributed by atoms with E-state index in [1.807, 2.05) is 13.0 Å². The van der Waals surface area contributed by atoms with Crippen LogP contribution in [-0.4, -0.2) is 16.1 Å². The molecule has 0 bridgehead atoms. The average Bonchev–Trinajstić information content (AvgIpc) is 2.70. The highest BCUT2D eigenvalue weighted by molar-refractivity contribution is 7.07. The molecule has 17 heavy (non-hydrogen) atoms. The van der Waals surface area contributed by atoms with Gasteiger partial charge in [-0.15, -0.1) is 0 Å². The molecule has 90 valence electrons. The lowest BCUT2D eigenvalue weighted by molar-refractivity contribution is 0.762. The highest BCUT2D eigenvalue weighted by Crippen LogP contribution is 2.17. The fourth-order valence-corrected chi connectivity index (χ4v) is 2.19. The van der Waals surface area contributed by atoms with Crippen LogP contribution in [0.25, 0.3) is 0 Å². The number of hydrogen-bond acceptors (Lipinski definition) is 4. The third-order valence-corrected chi connectivity index (χ3v) is 3.28. The predicted octanol–water partition coefficient (Wildman–Crippen LogP) is 2.44. The van der Waals surface area contributed by atoms with Gasteiger partial charge in [-0.1, -0.05) is 22.9 Å². The number of anilines is 1. The Morgan fingerprint density at radius 1 is 1.53 bits per heavy atom. The molecule has 6 heteroatoms. The van der Waals surface area contributed by atoms with E-state index >= 15 is 0 Å². The summed E-state index contributed by atoms with van der Waals surface area (Å²) in [4.78, 5) is 15.8. The Balaban J connectivity index is 2.28. The molecule has 2 aromatic heterocycles. The van der Waals surface area contributed by atoms with Crippen molar-refractivity contribution in [1.29, 1.82) is 0 Å². The molecule has 0 spiro atoms. The molecule has 0 saturated carbocycles. The molecule has 2 heterocycles. The van der Waals surface area contributed by atoms with Crippen LogP contribution in [0.15, 0.2) is 28.5 Å². The summed E-state index contributed by atoms with van der Waals surface area (Å²) in [5, 5.41) is 5.44. The van der Waals surface area contributed by atoms with Crippen molar-refractivity contribution in [3.05, 3.63) is 44.1 Å². The van der Waals surface area contributed by atoms with E-state index < -0.39 is 0 Å². The van der Waals surface area contributed by atoms with Gasteiger partial charge < -0.3 is 5.32 Å². The molecule has 2 aromatic rings. The maximum Gasteiger partial charge on any atom is 0.307 e. The molecule has 0 radical (unpaired) electrons. The Bertz CT molecular complexity index is 564. The van der Waals surface area contributed by atoms with Crippen molar-refractivity contribution < 1.29 is 0 Å². The van der Waals surface area contributed by atoms with E-state index in [2.05, 4.69) is 10.3 Å². The number of nitrogens with zero attached hydrogens (tertiary/aromatic N) is 2. The van der Waals surface area contributed by atoms with E-state index in [4.69, 9.17) is 11.6 Å². The van der Waals surface area contributed by atoms with E-state index in [-0.39, 0.29) is 4.87 Å². The first-order valence-electron chi connectivity index (χ1n) is 5.24. The quantitative estimate of drug-likeness (QED) is 0.927. The highest BCUT2D eigenvalue weighted by Gasteiger charge is 2.06. The van der Waals surface area contributed by atoms with Crippen LogP contribution < -0.4 is 10.2 Å². The van der Waals surface area contributed by atoms with Gasteiger partial charge in [-0.3, -0.25) is 9.36 Å². The minimum absolute atomic E-state index is 0.00304. The van der Waals surface area contributed by atoms with Gasteiger partial charge in [-0.05, 0) is 19.1 Å². The number of nitrogens with one attached hydrogen (secondary N) is 1. The molecular weight excluding hydrogens is 258 g/mol. The normalized spacial score (nSPS) is 10.5. The van der Waals surface area contributed by atoms with Crippen molar-refractivity contribution in [2.45, 2.75) is 13.5 Å². The summed E-state index contributed by atoms with van der Waals surface area (Å²) in [6, 6.07) is 3.62. The first kappa shape index (κ1) is 12.1. The highest BCUT2D eigenvalue weighted by atomic mass is 35.5. The summed E-state index contributed by atoms with van der Waals surface area (Å²) in [5.74, 6) is 0.773. The maximum absolute atomic E-state index is 11.4. The van der Waals surface area contributed by atoms with Crippen molar-refractivity contribution in [1.82, 2.24) is 9.55 Å². The summed E-state index contributed by atoms with van der Waals surface area (Å²) >= 11 is 7.23. The van der Waals surface area contributed by atoms with Crippen molar-refractivity contribution in [2.75, 3.05) is 11.9 Å². The minimum Gasteiger partial charge on any atom is -0.370 e. The largest absolute Gasteiger partial charge is 0.370 e. The van der Waals surface area contributed by atoms with Crippen LogP contribution in [-0.2, 0) is 6.54 Å². The molecule has 0 aromatic carbocycles. The Morgan fingerprint density at radius 3 is 3.00 bits per heavy atom. The second-order valence-corrected chi connectivity index (χ2v) is 4.72. The summed E-state index contributed by atoms with van der Waals surface area (Å²) in [5.41, 5.74) is 0.700. The van der Waals surface area contributed by atoms with Crippen LogP contribution in [0, 0.1) is 0 Å². The van der Waals surface area contributed by atoms with E-state index in [0.717, 1.165) is 23.7 Å².